The van der Waals surface area contributed by atoms with Crippen molar-refractivity contribution in [2.75, 3.05) is 6.61 Å². The molecule has 0 radical (unpaired) electrons. The quantitative estimate of drug-likeness (QED) is 0.467. The predicted molar refractivity (Wildman–Crippen MR) is 41.4 cm³/mol. The molecule has 0 aliphatic rings. The van der Waals surface area contributed by atoms with Crippen molar-refractivity contribution in [1.82, 2.24) is 0 Å². The van der Waals surface area contributed by atoms with Gasteiger partial charge in [0.15, 0.2) is 5.78 Å². The molecule has 0 aliphatic carbocycles. The zero-order chi connectivity index (χ0) is 9.56. The van der Waals surface area contributed by atoms with Crippen molar-refractivity contribution >= 4 is 11.8 Å². The van der Waals surface area contributed by atoms with Crippen molar-refractivity contribution < 1.29 is 18.7 Å². The number of rotatable bonds is 5. The van der Waals surface area contributed by atoms with Crippen molar-refractivity contribution in [3.63, 3.8) is 0 Å². The first-order valence-corrected chi connectivity index (χ1v) is 3.96. The molecule has 0 spiro atoms. The molecule has 0 N–H and O–H groups in total. The minimum atomic E-state index is -2.10. The van der Waals surface area contributed by atoms with E-state index in [4.69, 9.17) is 0 Å². The highest BCUT2D eigenvalue weighted by molar-refractivity contribution is 6.01. The maximum Gasteiger partial charge on any atom is 0.348 e. The van der Waals surface area contributed by atoms with Crippen LogP contribution in [0.3, 0.4) is 0 Å². The second-order valence-electron chi connectivity index (χ2n) is 2.35. The normalized spacial score (nSPS) is 12.2. The van der Waals surface area contributed by atoms with E-state index in [1.165, 1.54) is 6.92 Å². The minimum Gasteiger partial charge on any atom is -0.463 e. The van der Waals surface area contributed by atoms with Crippen LogP contribution in [0.25, 0.3) is 0 Å². The zero-order valence-electron chi connectivity index (χ0n) is 7.30. The molecular formula is C8H13FO3. The standard InChI is InChI=1S/C8H13FO3/c1-3-5-12-8(11)7(9)6(10)4-2/h7H,3-5H2,1-2H3. The van der Waals surface area contributed by atoms with E-state index in [1.807, 2.05) is 0 Å². The third kappa shape index (κ3) is 3.46. The topological polar surface area (TPSA) is 43.4 Å². The van der Waals surface area contributed by atoms with Gasteiger partial charge in [-0.3, -0.25) is 4.79 Å². The summed E-state index contributed by atoms with van der Waals surface area (Å²) in [5, 5.41) is 0. The van der Waals surface area contributed by atoms with Gasteiger partial charge in [0, 0.05) is 6.42 Å². The average molecular weight is 176 g/mol. The first-order chi connectivity index (χ1) is 5.63. The number of ether oxygens (including phenoxy) is 1. The van der Waals surface area contributed by atoms with Crippen molar-refractivity contribution in [2.24, 2.45) is 0 Å². The fraction of sp³-hybridized carbons (Fsp3) is 0.750. The Hall–Kier alpha value is -0.930. The summed E-state index contributed by atoms with van der Waals surface area (Å²) in [6, 6.07) is 0. The molecule has 70 valence electrons. The van der Waals surface area contributed by atoms with Crippen LogP contribution in [-0.2, 0) is 14.3 Å². The second-order valence-corrected chi connectivity index (χ2v) is 2.35. The van der Waals surface area contributed by atoms with Gasteiger partial charge in [-0.15, -0.1) is 0 Å². The molecule has 0 saturated carbocycles. The smallest absolute Gasteiger partial charge is 0.348 e. The highest BCUT2D eigenvalue weighted by Gasteiger charge is 2.25. The average Bonchev–Trinajstić information content (AvgIpc) is 2.11. The van der Waals surface area contributed by atoms with Crippen LogP contribution in [-0.4, -0.2) is 24.5 Å². The molecule has 0 rings (SSSR count). The van der Waals surface area contributed by atoms with Gasteiger partial charge < -0.3 is 4.74 Å². The summed E-state index contributed by atoms with van der Waals surface area (Å²) in [5.74, 6) is -1.79. The summed E-state index contributed by atoms with van der Waals surface area (Å²) >= 11 is 0. The van der Waals surface area contributed by atoms with Crippen molar-refractivity contribution in [2.45, 2.75) is 32.9 Å². The second kappa shape index (κ2) is 5.69. The predicted octanol–water partition coefficient (Wildman–Crippen LogP) is 1.26. The molecule has 4 heteroatoms. The van der Waals surface area contributed by atoms with Crippen LogP contribution in [0.1, 0.15) is 26.7 Å². The van der Waals surface area contributed by atoms with Gasteiger partial charge in [0.2, 0.25) is 0 Å². The van der Waals surface area contributed by atoms with E-state index in [1.54, 1.807) is 6.92 Å². The van der Waals surface area contributed by atoms with Crippen LogP contribution >= 0.6 is 0 Å². The molecule has 0 aromatic heterocycles. The Labute approximate surface area is 70.9 Å². The van der Waals surface area contributed by atoms with Gasteiger partial charge in [-0.05, 0) is 6.42 Å². The number of carbonyl (C=O) groups is 2. The first-order valence-electron chi connectivity index (χ1n) is 3.96. The number of ketones is 1. The van der Waals surface area contributed by atoms with Crippen LogP contribution in [0.2, 0.25) is 0 Å². The highest BCUT2D eigenvalue weighted by Crippen LogP contribution is 2.00. The Kier molecular flexibility index (Phi) is 5.25. The zero-order valence-corrected chi connectivity index (χ0v) is 7.30. The summed E-state index contributed by atoms with van der Waals surface area (Å²) < 4.78 is 17.1. The number of halogens is 1. The summed E-state index contributed by atoms with van der Waals surface area (Å²) in [7, 11) is 0. The lowest BCUT2D eigenvalue weighted by Gasteiger charge is -2.05. The van der Waals surface area contributed by atoms with Gasteiger partial charge in [0.25, 0.3) is 6.17 Å². The molecule has 0 aromatic rings. The maximum absolute atomic E-state index is 12.7. The van der Waals surface area contributed by atoms with Gasteiger partial charge in [-0.1, -0.05) is 13.8 Å². The minimum absolute atomic E-state index is 0.0163. The van der Waals surface area contributed by atoms with Crippen LogP contribution in [0, 0.1) is 0 Å². The molecule has 1 unspecified atom stereocenters. The molecule has 3 nitrogen and oxygen atoms in total. The number of hydrogen-bond acceptors (Lipinski definition) is 3. The fourth-order valence-corrected chi connectivity index (χ4v) is 0.586. The Bertz CT molecular complexity index is 168. The van der Waals surface area contributed by atoms with Gasteiger partial charge >= 0.3 is 5.97 Å². The molecule has 0 fully saturated rings. The molecule has 0 saturated heterocycles. The van der Waals surface area contributed by atoms with E-state index >= 15 is 0 Å². The number of esters is 1. The maximum atomic E-state index is 12.7. The van der Waals surface area contributed by atoms with E-state index in [-0.39, 0.29) is 13.0 Å². The van der Waals surface area contributed by atoms with E-state index < -0.39 is 17.9 Å². The Morgan fingerprint density at radius 1 is 1.42 bits per heavy atom. The fourth-order valence-electron chi connectivity index (χ4n) is 0.586. The molecular weight excluding hydrogens is 163 g/mol. The van der Waals surface area contributed by atoms with Crippen molar-refractivity contribution in [3.8, 4) is 0 Å². The largest absolute Gasteiger partial charge is 0.463 e. The molecule has 12 heavy (non-hydrogen) atoms. The number of alkyl halides is 1. The first kappa shape index (κ1) is 11.1. The monoisotopic (exact) mass is 176 g/mol. The summed E-state index contributed by atoms with van der Waals surface area (Å²) in [5.41, 5.74) is 0. The van der Waals surface area contributed by atoms with Gasteiger partial charge in [0.05, 0.1) is 6.61 Å². The van der Waals surface area contributed by atoms with Gasteiger partial charge in [-0.25, -0.2) is 9.18 Å². The Balaban J connectivity index is 3.84. The summed E-state index contributed by atoms with van der Waals surface area (Å²) in [6.07, 6.45) is -1.46. The summed E-state index contributed by atoms with van der Waals surface area (Å²) in [4.78, 5) is 21.3. The molecule has 0 aliphatic heterocycles. The third-order valence-corrected chi connectivity index (χ3v) is 1.29. The van der Waals surface area contributed by atoms with E-state index in [9.17, 15) is 14.0 Å². The van der Waals surface area contributed by atoms with E-state index in [0.29, 0.717) is 6.42 Å². The Morgan fingerprint density at radius 3 is 2.42 bits per heavy atom. The molecule has 0 bridgehead atoms. The Morgan fingerprint density at radius 2 is 2.00 bits per heavy atom. The van der Waals surface area contributed by atoms with Crippen LogP contribution in [0.15, 0.2) is 0 Å². The lowest BCUT2D eigenvalue weighted by Crippen LogP contribution is -2.27. The summed E-state index contributed by atoms with van der Waals surface area (Å²) in [6.45, 7) is 3.46. The SMILES string of the molecule is CCCOC(=O)C(F)C(=O)CC. The lowest BCUT2D eigenvalue weighted by atomic mass is 10.2. The molecule has 0 aromatic carbocycles. The van der Waals surface area contributed by atoms with Crippen molar-refractivity contribution in [3.05, 3.63) is 0 Å². The van der Waals surface area contributed by atoms with E-state index in [2.05, 4.69) is 4.74 Å². The number of Topliss-reactive ketones (excluding diaryl/α,β-unsaturated/α-hetero) is 1. The lowest BCUT2D eigenvalue weighted by molar-refractivity contribution is -0.153. The molecule has 0 heterocycles. The van der Waals surface area contributed by atoms with Crippen molar-refractivity contribution in [1.29, 1.82) is 0 Å². The number of carbonyl (C=O) groups excluding carboxylic acids is 2. The molecule has 1 atom stereocenters. The third-order valence-electron chi connectivity index (χ3n) is 1.29. The van der Waals surface area contributed by atoms with Crippen LogP contribution < -0.4 is 0 Å². The van der Waals surface area contributed by atoms with E-state index in [0.717, 1.165) is 0 Å². The van der Waals surface area contributed by atoms with Gasteiger partial charge in [0.1, 0.15) is 0 Å². The van der Waals surface area contributed by atoms with Crippen LogP contribution in [0.4, 0.5) is 4.39 Å². The highest BCUT2D eigenvalue weighted by atomic mass is 19.1. The van der Waals surface area contributed by atoms with Crippen LogP contribution in [0.5, 0.6) is 0 Å². The van der Waals surface area contributed by atoms with Gasteiger partial charge in [-0.2, -0.15) is 0 Å². The molecule has 0 amide bonds. The number of hydrogen-bond donors (Lipinski definition) is 0.